The van der Waals surface area contributed by atoms with Gasteiger partial charge in [-0.3, -0.25) is 4.79 Å². The van der Waals surface area contributed by atoms with Crippen molar-refractivity contribution in [3.8, 4) is 0 Å². The number of nitrogens with two attached hydrogens (primary N) is 2. The van der Waals surface area contributed by atoms with Crippen molar-refractivity contribution in [2.45, 2.75) is 25.8 Å². The highest BCUT2D eigenvalue weighted by Crippen LogP contribution is 1.90. The molecule has 0 saturated carbocycles. The van der Waals surface area contributed by atoms with E-state index in [1.54, 1.807) is 0 Å². The van der Waals surface area contributed by atoms with Gasteiger partial charge < -0.3 is 27.2 Å². The van der Waals surface area contributed by atoms with Crippen LogP contribution >= 0.6 is 0 Å². The zero-order valence-corrected chi connectivity index (χ0v) is 11.8. The molecule has 0 rings (SSSR count). The number of carboxylic acids is 1. The van der Waals surface area contributed by atoms with E-state index in [1.165, 1.54) is 0 Å². The predicted octanol–water partition coefficient (Wildman–Crippen LogP) is -0.340. The lowest BCUT2D eigenvalue weighted by Crippen LogP contribution is -2.37. The molecule has 12 heteroatoms. The Balaban J connectivity index is -0.000000270. The summed E-state index contributed by atoms with van der Waals surface area (Å²) in [5.74, 6) is 8.09. The maximum absolute atomic E-state index is 10.4. The predicted molar refractivity (Wildman–Crippen MR) is 77.1 cm³/mol. The Morgan fingerprint density at radius 2 is 1.76 bits per heavy atom. The van der Waals surface area contributed by atoms with E-state index in [2.05, 4.69) is 37.4 Å². The number of hydrogen-bond donors (Lipinski definition) is 7. The molecule has 0 amide bonds. The molecule has 12 nitrogen and oxygen atoms in total. The lowest BCUT2D eigenvalue weighted by Gasteiger charge is -2.11. The quantitative estimate of drug-likeness (QED) is 0.104. The van der Waals surface area contributed by atoms with Crippen LogP contribution in [-0.2, 0) is 4.79 Å². The van der Waals surface area contributed by atoms with E-state index in [9.17, 15) is 4.79 Å². The highest BCUT2D eigenvalue weighted by Gasteiger charge is 2.14. The Bertz CT molecular complexity index is 293. The smallest absolute Gasteiger partial charge is 0.320 e. The first-order valence-electron chi connectivity index (χ1n) is 5.79. The van der Waals surface area contributed by atoms with Gasteiger partial charge in [0.15, 0.2) is 12.7 Å². The van der Waals surface area contributed by atoms with Crippen molar-refractivity contribution in [1.82, 2.24) is 5.32 Å². The molecule has 21 heavy (non-hydrogen) atoms. The maximum atomic E-state index is 10.4. The van der Waals surface area contributed by atoms with Gasteiger partial charge in [-0.25, -0.2) is 11.1 Å². The van der Waals surface area contributed by atoms with E-state index in [4.69, 9.17) is 21.3 Å². The van der Waals surface area contributed by atoms with Crippen LogP contribution in [0, 0.1) is 11.1 Å². The van der Waals surface area contributed by atoms with Crippen molar-refractivity contribution in [1.29, 1.82) is 11.1 Å². The summed E-state index contributed by atoms with van der Waals surface area (Å²) >= 11 is 0. The van der Waals surface area contributed by atoms with Gasteiger partial charge in [-0.1, -0.05) is 6.92 Å². The standard InChI is InChI=1S/C7H15NO3.2CH4N4/c1-2-4-8-6(3-5-9)7(10)11;2*2-4-1-5-3/h6,8-9H,2-5H2,1H3,(H,10,11);2*1-2H,3H2/t6-;;/m0../s1. The van der Waals surface area contributed by atoms with Gasteiger partial charge in [-0.05, 0) is 19.4 Å². The molecule has 0 saturated heterocycles. The van der Waals surface area contributed by atoms with E-state index >= 15 is 0 Å². The van der Waals surface area contributed by atoms with Gasteiger partial charge in [0.25, 0.3) is 0 Å². The molecule has 0 bridgehead atoms. The molecule has 0 fully saturated rings. The second kappa shape index (κ2) is 22.7. The summed E-state index contributed by atoms with van der Waals surface area (Å²) in [6.07, 6.45) is 3.06. The Morgan fingerprint density at radius 1 is 1.29 bits per heavy atom. The molecular weight excluding hydrogens is 282 g/mol. The van der Waals surface area contributed by atoms with E-state index in [0.29, 0.717) is 6.54 Å². The monoisotopic (exact) mass is 305 g/mol. The van der Waals surface area contributed by atoms with Crippen molar-refractivity contribution in [2.24, 2.45) is 32.1 Å². The molecule has 1 atom stereocenters. The van der Waals surface area contributed by atoms with Crippen molar-refractivity contribution in [2.75, 3.05) is 13.2 Å². The lowest BCUT2D eigenvalue weighted by molar-refractivity contribution is -0.139. The normalized spacial score (nSPS) is 11.0. The average Bonchev–Trinajstić information content (AvgIpc) is 2.46. The highest BCUT2D eigenvalue weighted by molar-refractivity contribution is 5.73. The van der Waals surface area contributed by atoms with Gasteiger partial charge in [-0.15, -0.1) is 10.2 Å². The summed E-state index contributed by atoms with van der Waals surface area (Å²) in [6, 6.07) is -0.597. The van der Waals surface area contributed by atoms with Crippen LogP contribution < -0.4 is 17.0 Å². The molecule has 0 aliphatic rings. The van der Waals surface area contributed by atoms with Crippen LogP contribution in [0.4, 0.5) is 0 Å². The fourth-order valence-corrected chi connectivity index (χ4v) is 0.827. The van der Waals surface area contributed by atoms with Gasteiger partial charge in [0.05, 0.1) is 0 Å². The fourth-order valence-electron chi connectivity index (χ4n) is 0.827. The van der Waals surface area contributed by atoms with E-state index in [0.717, 1.165) is 19.1 Å². The Kier molecular flexibility index (Phi) is 25.5. The van der Waals surface area contributed by atoms with Crippen LogP contribution in [0.5, 0.6) is 0 Å². The van der Waals surface area contributed by atoms with E-state index in [-0.39, 0.29) is 13.0 Å². The Hall–Kier alpha value is -2.47. The van der Waals surface area contributed by atoms with E-state index in [1.807, 2.05) is 6.92 Å². The van der Waals surface area contributed by atoms with E-state index < -0.39 is 12.0 Å². The summed E-state index contributed by atoms with van der Waals surface area (Å²) in [7, 11) is 0. The number of aliphatic hydroxyl groups is 1. The SMILES string of the molecule is CCCN[C@@H](CCO)C(=O)O.N=NC=NN.N=NC=NN. The zero-order valence-electron chi connectivity index (χ0n) is 11.8. The first kappa shape index (κ1) is 23.6. The number of nitrogens with one attached hydrogen (secondary N) is 3. The third-order valence-corrected chi connectivity index (χ3v) is 1.61. The highest BCUT2D eigenvalue weighted by atomic mass is 16.4. The number of hydrogen-bond acceptors (Lipinski definition) is 9. The second-order valence-corrected chi connectivity index (χ2v) is 3.14. The van der Waals surface area contributed by atoms with Gasteiger partial charge in [0.1, 0.15) is 6.04 Å². The molecule has 0 spiro atoms. The van der Waals surface area contributed by atoms with Crippen LogP contribution in [0.25, 0.3) is 0 Å². The number of carboxylic acid groups (broad SMARTS) is 1. The number of rotatable bonds is 8. The first-order valence-corrected chi connectivity index (χ1v) is 5.79. The van der Waals surface area contributed by atoms with Gasteiger partial charge in [-0.2, -0.15) is 10.2 Å². The minimum atomic E-state index is -0.896. The Labute approximate surface area is 122 Å². The van der Waals surface area contributed by atoms with Crippen LogP contribution in [0.15, 0.2) is 20.4 Å². The molecule has 0 aromatic carbocycles. The van der Waals surface area contributed by atoms with Gasteiger partial charge in [0, 0.05) is 6.61 Å². The summed E-state index contributed by atoms with van der Waals surface area (Å²) in [4.78, 5) is 10.4. The van der Waals surface area contributed by atoms with Crippen molar-refractivity contribution in [3.63, 3.8) is 0 Å². The molecular formula is C9H23N9O3. The van der Waals surface area contributed by atoms with Crippen molar-refractivity contribution < 1.29 is 15.0 Å². The number of aliphatic carboxylic acids is 1. The molecule has 0 aromatic rings. The molecule has 0 radical (unpaired) electrons. The zero-order chi connectivity index (χ0) is 16.9. The number of aliphatic hydroxyl groups excluding tert-OH is 1. The molecule has 0 aliphatic carbocycles. The van der Waals surface area contributed by atoms with Gasteiger partial charge >= 0.3 is 5.97 Å². The van der Waals surface area contributed by atoms with Crippen LogP contribution in [0.1, 0.15) is 19.8 Å². The molecule has 122 valence electrons. The summed E-state index contributed by atoms with van der Waals surface area (Å²) in [5, 5.41) is 31.0. The van der Waals surface area contributed by atoms with Crippen LogP contribution in [0.3, 0.4) is 0 Å². The average molecular weight is 305 g/mol. The van der Waals surface area contributed by atoms with Crippen molar-refractivity contribution >= 4 is 18.6 Å². The second-order valence-electron chi connectivity index (χ2n) is 3.14. The summed E-state index contributed by atoms with van der Waals surface area (Å²) in [5.41, 5.74) is 12.0. The molecule has 9 N–H and O–H groups in total. The topological polar surface area (TPSA) is 219 Å². The fraction of sp³-hybridized carbons (Fsp3) is 0.667. The molecule has 0 heterocycles. The van der Waals surface area contributed by atoms with Crippen LogP contribution in [0.2, 0.25) is 0 Å². The molecule has 0 aromatic heterocycles. The third kappa shape index (κ3) is 26.9. The maximum Gasteiger partial charge on any atom is 0.320 e. The minimum absolute atomic E-state index is 0.0896. The number of carbonyl (C=O) groups is 1. The van der Waals surface area contributed by atoms with Crippen LogP contribution in [-0.4, -0.2) is 48.1 Å². The largest absolute Gasteiger partial charge is 0.480 e. The molecule has 0 unspecified atom stereocenters. The summed E-state index contributed by atoms with van der Waals surface area (Å²) < 4.78 is 0. The van der Waals surface area contributed by atoms with Gasteiger partial charge in [0.2, 0.25) is 0 Å². The minimum Gasteiger partial charge on any atom is -0.480 e. The number of hydrazone groups is 2. The Morgan fingerprint density at radius 3 is 1.95 bits per heavy atom. The third-order valence-electron chi connectivity index (χ3n) is 1.61. The number of nitrogens with zero attached hydrogens (tertiary/aromatic N) is 4. The van der Waals surface area contributed by atoms with Crippen molar-refractivity contribution in [3.05, 3.63) is 0 Å². The lowest BCUT2D eigenvalue weighted by atomic mass is 10.2. The molecule has 0 aliphatic heterocycles. The first-order chi connectivity index (χ1) is 10.0. The summed E-state index contributed by atoms with van der Waals surface area (Å²) in [6.45, 7) is 2.55.